The van der Waals surface area contributed by atoms with Crippen LogP contribution in [0.3, 0.4) is 0 Å². The molecular formula is C14H14N2. The van der Waals surface area contributed by atoms with E-state index in [1.807, 2.05) is 30.3 Å². The minimum absolute atomic E-state index is 0.334. The highest BCUT2D eigenvalue weighted by atomic mass is 14.8. The summed E-state index contributed by atoms with van der Waals surface area (Å²) < 4.78 is 0. The van der Waals surface area contributed by atoms with Gasteiger partial charge in [0.25, 0.3) is 0 Å². The van der Waals surface area contributed by atoms with Crippen molar-refractivity contribution >= 4 is 6.21 Å². The van der Waals surface area contributed by atoms with Crippen LogP contribution in [0.5, 0.6) is 0 Å². The fourth-order valence-corrected chi connectivity index (χ4v) is 1.55. The van der Waals surface area contributed by atoms with Gasteiger partial charge in [-0.2, -0.15) is 0 Å². The van der Waals surface area contributed by atoms with Gasteiger partial charge >= 0.3 is 0 Å². The Morgan fingerprint density at radius 2 is 1.50 bits per heavy atom. The minimum atomic E-state index is 0.334. The molecule has 0 heterocycles. The fraction of sp³-hybridized carbons (Fsp3) is 0.0714. The average Bonchev–Trinajstić information content (AvgIpc) is 2.38. The van der Waals surface area contributed by atoms with Gasteiger partial charge in [-0.15, -0.1) is 0 Å². The van der Waals surface area contributed by atoms with Crippen molar-refractivity contribution in [2.75, 3.05) is 6.67 Å². The van der Waals surface area contributed by atoms with E-state index in [0.717, 1.165) is 5.56 Å². The Hall–Kier alpha value is -1.93. The number of aliphatic imine (C=N–C) groups is 1. The van der Waals surface area contributed by atoms with Crippen molar-refractivity contribution in [3.63, 3.8) is 0 Å². The summed E-state index contributed by atoms with van der Waals surface area (Å²) in [5.41, 5.74) is 8.81. The Kier molecular flexibility index (Phi) is 3.46. The minimum Gasteiger partial charge on any atom is -0.312 e. The molecule has 0 fully saturated rings. The number of rotatable bonds is 3. The van der Waals surface area contributed by atoms with Gasteiger partial charge in [0.15, 0.2) is 0 Å². The van der Waals surface area contributed by atoms with Crippen molar-refractivity contribution in [3.8, 4) is 11.1 Å². The molecule has 2 N–H and O–H groups in total. The molecule has 0 spiro atoms. The monoisotopic (exact) mass is 210 g/mol. The summed E-state index contributed by atoms with van der Waals surface area (Å²) in [6.45, 7) is 0.334. The molecule has 0 saturated heterocycles. The zero-order chi connectivity index (χ0) is 11.2. The van der Waals surface area contributed by atoms with Gasteiger partial charge < -0.3 is 5.73 Å². The first-order chi connectivity index (χ1) is 7.90. The predicted octanol–water partition coefficient (Wildman–Crippen LogP) is 2.69. The quantitative estimate of drug-likeness (QED) is 0.777. The van der Waals surface area contributed by atoms with Crippen molar-refractivity contribution in [1.82, 2.24) is 0 Å². The van der Waals surface area contributed by atoms with Crippen LogP contribution in [0.25, 0.3) is 11.1 Å². The third kappa shape index (κ3) is 2.55. The van der Waals surface area contributed by atoms with E-state index in [-0.39, 0.29) is 0 Å². The fourth-order valence-electron chi connectivity index (χ4n) is 1.55. The van der Waals surface area contributed by atoms with Crippen LogP contribution in [0.4, 0.5) is 0 Å². The van der Waals surface area contributed by atoms with Crippen molar-refractivity contribution in [2.24, 2.45) is 10.7 Å². The maximum atomic E-state index is 5.30. The first-order valence-corrected chi connectivity index (χ1v) is 5.25. The van der Waals surface area contributed by atoms with E-state index in [1.165, 1.54) is 11.1 Å². The van der Waals surface area contributed by atoms with Crippen LogP contribution < -0.4 is 5.73 Å². The van der Waals surface area contributed by atoms with Gasteiger partial charge in [0.05, 0.1) is 6.67 Å². The van der Waals surface area contributed by atoms with Crippen molar-refractivity contribution in [1.29, 1.82) is 0 Å². The van der Waals surface area contributed by atoms with E-state index in [0.29, 0.717) is 6.67 Å². The predicted molar refractivity (Wildman–Crippen MR) is 68.5 cm³/mol. The number of hydrogen-bond acceptors (Lipinski definition) is 2. The number of nitrogens with zero attached hydrogens (tertiary/aromatic N) is 1. The second-order valence-corrected chi connectivity index (χ2v) is 3.48. The van der Waals surface area contributed by atoms with Gasteiger partial charge in [-0.3, -0.25) is 4.99 Å². The Balaban J connectivity index is 2.23. The zero-order valence-corrected chi connectivity index (χ0v) is 9.01. The molecule has 0 aliphatic carbocycles. The molecule has 2 aromatic carbocycles. The summed E-state index contributed by atoms with van der Waals surface area (Å²) in [5, 5.41) is 0. The molecule has 0 radical (unpaired) electrons. The van der Waals surface area contributed by atoms with Crippen molar-refractivity contribution < 1.29 is 0 Å². The van der Waals surface area contributed by atoms with Crippen molar-refractivity contribution in [2.45, 2.75) is 0 Å². The van der Waals surface area contributed by atoms with E-state index in [2.05, 4.69) is 29.3 Å². The number of nitrogens with two attached hydrogens (primary N) is 1. The molecule has 2 rings (SSSR count). The second-order valence-electron chi connectivity index (χ2n) is 3.48. The van der Waals surface area contributed by atoms with Crippen LogP contribution in [0.2, 0.25) is 0 Å². The van der Waals surface area contributed by atoms with Crippen LogP contribution >= 0.6 is 0 Å². The highest BCUT2D eigenvalue weighted by Crippen LogP contribution is 2.18. The van der Waals surface area contributed by atoms with E-state index in [9.17, 15) is 0 Å². The van der Waals surface area contributed by atoms with Gasteiger partial charge in [-0.1, -0.05) is 54.6 Å². The lowest BCUT2D eigenvalue weighted by Crippen LogP contribution is -1.94. The lowest BCUT2D eigenvalue weighted by atomic mass is 10.0. The van der Waals surface area contributed by atoms with Crippen LogP contribution in [-0.2, 0) is 0 Å². The zero-order valence-electron chi connectivity index (χ0n) is 9.01. The molecule has 0 aromatic heterocycles. The Morgan fingerprint density at radius 3 is 2.12 bits per heavy atom. The molecule has 2 nitrogen and oxygen atoms in total. The van der Waals surface area contributed by atoms with E-state index >= 15 is 0 Å². The van der Waals surface area contributed by atoms with Gasteiger partial charge in [0, 0.05) is 6.21 Å². The maximum Gasteiger partial charge on any atom is 0.0859 e. The third-order valence-corrected chi connectivity index (χ3v) is 2.36. The molecule has 0 atom stereocenters. The summed E-state index contributed by atoms with van der Waals surface area (Å²) >= 11 is 0. The molecule has 0 aliphatic heterocycles. The number of benzene rings is 2. The van der Waals surface area contributed by atoms with E-state index < -0.39 is 0 Å². The summed E-state index contributed by atoms with van der Waals surface area (Å²) in [7, 11) is 0. The van der Waals surface area contributed by atoms with Gasteiger partial charge in [-0.25, -0.2) is 0 Å². The normalized spacial score (nSPS) is 10.8. The lowest BCUT2D eigenvalue weighted by Gasteiger charge is -2.01. The summed E-state index contributed by atoms with van der Waals surface area (Å²) in [6, 6.07) is 18.6. The molecule has 16 heavy (non-hydrogen) atoms. The first-order valence-electron chi connectivity index (χ1n) is 5.25. The smallest absolute Gasteiger partial charge is 0.0859 e. The van der Waals surface area contributed by atoms with Gasteiger partial charge in [-0.05, 0) is 16.7 Å². The lowest BCUT2D eigenvalue weighted by molar-refractivity contribution is 1.08. The summed E-state index contributed by atoms with van der Waals surface area (Å²) in [4.78, 5) is 4.00. The van der Waals surface area contributed by atoms with Gasteiger partial charge in [0.2, 0.25) is 0 Å². The molecule has 2 aromatic rings. The Morgan fingerprint density at radius 1 is 0.875 bits per heavy atom. The molecule has 0 saturated carbocycles. The number of hydrogen-bond donors (Lipinski definition) is 1. The molecule has 2 heteroatoms. The molecule has 80 valence electrons. The van der Waals surface area contributed by atoms with Crippen LogP contribution in [-0.4, -0.2) is 12.9 Å². The van der Waals surface area contributed by atoms with E-state index in [1.54, 1.807) is 6.21 Å². The second kappa shape index (κ2) is 5.24. The average molecular weight is 210 g/mol. The Bertz CT molecular complexity index is 458. The maximum absolute atomic E-state index is 5.30. The first kappa shape index (κ1) is 10.6. The SMILES string of the molecule is NC/N=C\c1ccc(-c2ccccc2)cc1. The standard InChI is InChI=1S/C14H14N2/c15-11-16-10-12-6-8-14(9-7-12)13-4-2-1-3-5-13/h1-10H,11,15H2/b16-10-. The molecule has 0 unspecified atom stereocenters. The van der Waals surface area contributed by atoms with Crippen LogP contribution in [0.1, 0.15) is 5.56 Å². The Labute approximate surface area is 95.5 Å². The van der Waals surface area contributed by atoms with Crippen LogP contribution in [0, 0.1) is 0 Å². The highest BCUT2D eigenvalue weighted by molar-refractivity contribution is 5.80. The van der Waals surface area contributed by atoms with Crippen molar-refractivity contribution in [3.05, 3.63) is 60.2 Å². The van der Waals surface area contributed by atoms with Gasteiger partial charge in [0.1, 0.15) is 0 Å². The molecule has 0 amide bonds. The van der Waals surface area contributed by atoms with E-state index in [4.69, 9.17) is 5.73 Å². The largest absolute Gasteiger partial charge is 0.312 e. The summed E-state index contributed by atoms with van der Waals surface area (Å²) in [5.74, 6) is 0. The third-order valence-electron chi connectivity index (χ3n) is 2.36. The van der Waals surface area contributed by atoms with Crippen LogP contribution in [0.15, 0.2) is 59.6 Å². The molecule has 0 aliphatic rings. The molecular weight excluding hydrogens is 196 g/mol. The topological polar surface area (TPSA) is 38.4 Å². The highest BCUT2D eigenvalue weighted by Gasteiger charge is 1.95. The summed E-state index contributed by atoms with van der Waals surface area (Å²) in [6.07, 6.45) is 1.79. The molecule has 0 bridgehead atoms.